The van der Waals surface area contributed by atoms with Crippen LogP contribution < -0.4 is 0 Å². The van der Waals surface area contributed by atoms with Gasteiger partial charge < -0.3 is 0 Å². The summed E-state index contributed by atoms with van der Waals surface area (Å²) in [4.78, 5) is 0. The van der Waals surface area contributed by atoms with Crippen molar-refractivity contribution < 1.29 is 0 Å². The van der Waals surface area contributed by atoms with Crippen molar-refractivity contribution >= 4 is 0 Å². The molecule has 0 heterocycles. The monoisotopic (exact) mass is 151 g/mol. The molecule has 2 atom stereocenters. The van der Waals surface area contributed by atoms with E-state index in [9.17, 15) is 0 Å². The summed E-state index contributed by atoms with van der Waals surface area (Å²) in [6.07, 6.45) is 5.01. The van der Waals surface area contributed by atoms with Crippen LogP contribution in [0, 0.1) is 29.1 Å². The lowest BCUT2D eigenvalue weighted by Gasteiger charge is -2.29. The lowest BCUT2D eigenvalue weighted by molar-refractivity contribution is 0.223. The maximum absolute atomic E-state index is 8.86. The fourth-order valence-corrected chi connectivity index (χ4v) is 2.12. The van der Waals surface area contributed by atoms with E-state index < -0.39 is 0 Å². The summed E-state index contributed by atoms with van der Waals surface area (Å²) in [5.41, 5.74) is 0. The van der Waals surface area contributed by atoms with Gasteiger partial charge in [0, 0.05) is 5.92 Å². The second-order valence-corrected chi connectivity index (χ2v) is 3.93. The van der Waals surface area contributed by atoms with Gasteiger partial charge in [-0.2, -0.15) is 5.26 Å². The van der Waals surface area contributed by atoms with Crippen molar-refractivity contribution in [2.24, 2.45) is 17.8 Å². The molecule has 0 aromatic heterocycles. The second-order valence-electron chi connectivity index (χ2n) is 3.93. The molecule has 62 valence electrons. The highest BCUT2D eigenvalue weighted by atomic mass is 14.4. The van der Waals surface area contributed by atoms with E-state index in [0.29, 0.717) is 17.8 Å². The van der Waals surface area contributed by atoms with Crippen molar-refractivity contribution in [2.75, 3.05) is 0 Å². The Morgan fingerprint density at radius 3 is 2.36 bits per heavy atom. The van der Waals surface area contributed by atoms with E-state index in [1.165, 1.54) is 19.3 Å². The lowest BCUT2D eigenvalue weighted by atomic mass is 9.74. The molecule has 1 heteroatoms. The SMILES string of the molecule is CC(C)C1CCCCC1C#N. The summed E-state index contributed by atoms with van der Waals surface area (Å²) in [6.45, 7) is 4.47. The van der Waals surface area contributed by atoms with Crippen molar-refractivity contribution in [3.63, 3.8) is 0 Å². The third-order valence-corrected chi connectivity index (χ3v) is 2.84. The van der Waals surface area contributed by atoms with E-state index in [4.69, 9.17) is 5.26 Å². The highest BCUT2D eigenvalue weighted by molar-refractivity contribution is 4.91. The fraction of sp³-hybridized carbons (Fsp3) is 0.900. The molecule has 0 aliphatic heterocycles. The molecule has 11 heavy (non-hydrogen) atoms. The standard InChI is InChI=1S/C10H17N/c1-8(2)10-6-4-3-5-9(10)7-11/h8-10H,3-6H2,1-2H3. The number of nitrogens with zero attached hydrogens (tertiary/aromatic N) is 1. The van der Waals surface area contributed by atoms with Crippen LogP contribution in [0.15, 0.2) is 0 Å². The van der Waals surface area contributed by atoms with E-state index in [2.05, 4.69) is 19.9 Å². The maximum Gasteiger partial charge on any atom is 0.0658 e. The van der Waals surface area contributed by atoms with Crippen LogP contribution in [0.5, 0.6) is 0 Å². The average Bonchev–Trinajstić information content (AvgIpc) is 2.04. The van der Waals surface area contributed by atoms with Crippen LogP contribution in [0.25, 0.3) is 0 Å². The summed E-state index contributed by atoms with van der Waals surface area (Å²) in [5, 5.41) is 8.86. The van der Waals surface area contributed by atoms with Crippen molar-refractivity contribution in [1.29, 1.82) is 5.26 Å². The molecule has 1 aliphatic rings. The number of rotatable bonds is 1. The van der Waals surface area contributed by atoms with Gasteiger partial charge in [0.15, 0.2) is 0 Å². The van der Waals surface area contributed by atoms with Crippen LogP contribution in [-0.4, -0.2) is 0 Å². The molecule has 0 radical (unpaired) electrons. The van der Waals surface area contributed by atoms with E-state index in [1.54, 1.807) is 0 Å². The fourth-order valence-electron chi connectivity index (χ4n) is 2.12. The Hall–Kier alpha value is -0.510. The zero-order valence-electron chi connectivity index (χ0n) is 7.51. The van der Waals surface area contributed by atoms with Gasteiger partial charge in [-0.1, -0.05) is 26.7 Å². The summed E-state index contributed by atoms with van der Waals surface area (Å²) in [6, 6.07) is 2.44. The third kappa shape index (κ3) is 1.96. The van der Waals surface area contributed by atoms with Gasteiger partial charge in [-0.25, -0.2) is 0 Å². The van der Waals surface area contributed by atoms with Crippen molar-refractivity contribution in [1.82, 2.24) is 0 Å². The second kappa shape index (κ2) is 3.76. The minimum Gasteiger partial charge on any atom is -0.198 e. The predicted molar refractivity (Wildman–Crippen MR) is 45.9 cm³/mol. The number of hydrogen-bond donors (Lipinski definition) is 0. The van der Waals surface area contributed by atoms with Gasteiger partial charge >= 0.3 is 0 Å². The summed E-state index contributed by atoms with van der Waals surface area (Å²) >= 11 is 0. The molecule has 0 N–H and O–H groups in total. The van der Waals surface area contributed by atoms with E-state index in [0.717, 1.165) is 6.42 Å². The summed E-state index contributed by atoms with van der Waals surface area (Å²) in [7, 11) is 0. The van der Waals surface area contributed by atoms with Gasteiger partial charge in [-0.05, 0) is 24.7 Å². The minimum absolute atomic E-state index is 0.351. The Kier molecular flexibility index (Phi) is 2.93. The van der Waals surface area contributed by atoms with Gasteiger partial charge in [0.1, 0.15) is 0 Å². The number of nitriles is 1. The lowest BCUT2D eigenvalue weighted by Crippen LogP contribution is -2.22. The average molecular weight is 151 g/mol. The number of hydrogen-bond acceptors (Lipinski definition) is 1. The molecule has 1 aliphatic carbocycles. The topological polar surface area (TPSA) is 23.8 Å². The zero-order valence-corrected chi connectivity index (χ0v) is 7.51. The van der Waals surface area contributed by atoms with Crippen LogP contribution in [0.3, 0.4) is 0 Å². The van der Waals surface area contributed by atoms with Gasteiger partial charge in [0.05, 0.1) is 6.07 Å². The largest absolute Gasteiger partial charge is 0.198 e. The highest BCUT2D eigenvalue weighted by Crippen LogP contribution is 2.34. The first-order valence-electron chi connectivity index (χ1n) is 4.65. The normalized spacial score (nSPS) is 31.8. The maximum atomic E-state index is 8.86. The molecule has 0 amide bonds. The molecule has 1 fully saturated rings. The molecule has 1 rings (SSSR count). The first-order chi connectivity index (χ1) is 5.25. The smallest absolute Gasteiger partial charge is 0.0658 e. The van der Waals surface area contributed by atoms with Crippen molar-refractivity contribution in [2.45, 2.75) is 39.5 Å². The molecule has 0 bridgehead atoms. The quantitative estimate of drug-likeness (QED) is 0.565. The van der Waals surface area contributed by atoms with Crippen LogP contribution >= 0.6 is 0 Å². The van der Waals surface area contributed by atoms with Gasteiger partial charge in [-0.15, -0.1) is 0 Å². The van der Waals surface area contributed by atoms with Gasteiger partial charge in [0.2, 0.25) is 0 Å². The van der Waals surface area contributed by atoms with Crippen molar-refractivity contribution in [3.05, 3.63) is 0 Å². The van der Waals surface area contributed by atoms with E-state index >= 15 is 0 Å². The molecule has 2 unspecified atom stereocenters. The Bertz CT molecular complexity index is 155. The molecular weight excluding hydrogens is 134 g/mol. The minimum atomic E-state index is 0.351. The molecule has 0 spiro atoms. The molecule has 0 aromatic carbocycles. The first kappa shape index (κ1) is 8.59. The summed E-state index contributed by atoms with van der Waals surface area (Å²) in [5.74, 6) is 1.72. The molecule has 0 aromatic rings. The third-order valence-electron chi connectivity index (χ3n) is 2.84. The van der Waals surface area contributed by atoms with Gasteiger partial charge in [0.25, 0.3) is 0 Å². The van der Waals surface area contributed by atoms with E-state index in [-0.39, 0.29) is 0 Å². The van der Waals surface area contributed by atoms with E-state index in [1.807, 2.05) is 0 Å². The van der Waals surface area contributed by atoms with Crippen molar-refractivity contribution in [3.8, 4) is 6.07 Å². The Morgan fingerprint density at radius 2 is 1.91 bits per heavy atom. The Balaban J connectivity index is 2.53. The summed E-state index contributed by atoms with van der Waals surface area (Å²) < 4.78 is 0. The highest BCUT2D eigenvalue weighted by Gasteiger charge is 2.26. The van der Waals surface area contributed by atoms with Crippen LogP contribution in [0.2, 0.25) is 0 Å². The molecule has 1 nitrogen and oxygen atoms in total. The van der Waals surface area contributed by atoms with Crippen LogP contribution in [-0.2, 0) is 0 Å². The molecule has 0 saturated heterocycles. The zero-order chi connectivity index (χ0) is 8.27. The van der Waals surface area contributed by atoms with Gasteiger partial charge in [-0.3, -0.25) is 0 Å². The molecular formula is C10H17N. The molecule has 1 saturated carbocycles. The van der Waals surface area contributed by atoms with Crippen LogP contribution in [0.4, 0.5) is 0 Å². The Morgan fingerprint density at radius 1 is 1.27 bits per heavy atom. The first-order valence-corrected chi connectivity index (χ1v) is 4.65. The predicted octanol–water partition coefficient (Wildman–Crippen LogP) is 2.97. The Labute approximate surface area is 69.4 Å². The van der Waals surface area contributed by atoms with Crippen LogP contribution in [0.1, 0.15) is 39.5 Å².